The van der Waals surface area contributed by atoms with Crippen molar-refractivity contribution in [3.63, 3.8) is 0 Å². The molecule has 1 saturated heterocycles. The van der Waals surface area contributed by atoms with E-state index in [1.807, 2.05) is 0 Å². The Kier molecular flexibility index (Phi) is 6.36. The fourth-order valence-electron chi connectivity index (χ4n) is 3.68. The van der Waals surface area contributed by atoms with Gasteiger partial charge < -0.3 is 24.8 Å². The molecule has 1 aromatic rings. The summed E-state index contributed by atoms with van der Waals surface area (Å²) in [7, 11) is 4.30. The second kappa shape index (κ2) is 8.14. The molecule has 2 fully saturated rings. The van der Waals surface area contributed by atoms with E-state index in [1.165, 1.54) is 27.4 Å². The van der Waals surface area contributed by atoms with Crippen molar-refractivity contribution in [1.82, 2.24) is 5.32 Å². The van der Waals surface area contributed by atoms with E-state index < -0.39 is 5.97 Å². The largest absolute Gasteiger partial charge is 0.493 e. The third kappa shape index (κ3) is 3.73. The van der Waals surface area contributed by atoms with Crippen molar-refractivity contribution < 1.29 is 23.8 Å². The van der Waals surface area contributed by atoms with Crippen molar-refractivity contribution in [3.05, 3.63) is 17.7 Å². The van der Waals surface area contributed by atoms with Crippen LogP contribution in [-0.4, -0.2) is 46.3 Å². The SMILES string of the molecule is COC(=O)c1cc(OC)c(OC)cc1NC(=O)C1CC12CCNCC2.Cl. The predicted octanol–water partition coefficient (Wildman–Crippen LogP) is 2.24. The van der Waals surface area contributed by atoms with E-state index in [9.17, 15) is 9.59 Å². The molecule has 1 atom stereocenters. The van der Waals surface area contributed by atoms with Crippen LogP contribution in [0.5, 0.6) is 11.5 Å². The van der Waals surface area contributed by atoms with Crippen LogP contribution >= 0.6 is 12.4 Å². The number of ether oxygens (including phenoxy) is 3. The Hall–Kier alpha value is -1.99. The Labute approximate surface area is 159 Å². The molecule has 1 aromatic carbocycles. The molecule has 26 heavy (non-hydrogen) atoms. The van der Waals surface area contributed by atoms with Gasteiger partial charge in [0, 0.05) is 18.1 Å². The number of hydrogen-bond acceptors (Lipinski definition) is 6. The second-order valence-corrected chi connectivity index (χ2v) is 6.60. The molecule has 7 nitrogen and oxygen atoms in total. The van der Waals surface area contributed by atoms with Gasteiger partial charge in [-0.25, -0.2) is 4.79 Å². The summed E-state index contributed by atoms with van der Waals surface area (Å²) in [5.74, 6) is 0.246. The van der Waals surface area contributed by atoms with Crippen LogP contribution in [0.3, 0.4) is 0 Å². The van der Waals surface area contributed by atoms with Crippen LogP contribution < -0.4 is 20.1 Å². The molecule has 1 aliphatic carbocycles. The number of halogens is 1. The topological polar surface area (TPSA) is 85.9 Å². The summed E-state index contributed by atoms with van der Waals surface area (Å²) in [6, 6.07) is 3.12. The third-order valence-corrected chi connectivity index (χ3v) is 5.29. The molecule has 1 heterocycles. The molecule has 1 aliphatic heterocycles. The molecule has 0 bridgehead atoms. The minimum atomic E-state index is -0.538. The van der Waals surface area contributed by atoms with Gasteiger partial charge in [-0.1, -0.05) is 0 Å². The van der Waals surface area contributed by atoms with E-state index in [-0.39, 0.29) is 35.2 Å². The zero-order valence-electron chi connectivity index (χ0n) is 15.2. The highest BCUT2D eigenvalue weighted by Gasteiger charge is 2.57. The van der Waals surface area contributed by atoms with E-state index in [1.54, 1.807) is 6.07 Å². The summed E-state index contributed by atoms with van der Waals surface area (Å²) < 4.78 is 15.3. The molecule has 0 aromatic heterocycles. The number of carbonyl (C=O) groups is 2. The van der Waals surface area contributed by atoms with Crippen LogP contribution in [0.2, 0.25) is 0 Å². The number of esters is 1. The highest BCUT2D eigenvalue weighted by molar-refractivity contribution is 6.03. The summed E-state index contributed by atoms with van der Waals surface area (Å²) in [6.45, 7) is 1.90. The molecule has 0 radical (unpaired) electrons. The number of amides is 1. The van der Waals surface area contributed by atoms with Gasteiger partial charge in [0.2, 0.25) is 5.91 Å². The van der Waals surface area contributed by atoms with Crippen LogP contribution in [0.15, 0.2) is 12.1 Å². The summed E-state index contributed by atoms with van der Waals surface area (Å²) in [5, 5.41) is 6.22. The average molecular weight is 385 g/mol. The van der Waals surface area contributed by atoms with Crippen molar-refractivity contribution in [2.75, 3.05) is 39.7 Å². The first-order valence-electron chi connectivity index (χ1n) is 8.40. The summed E-state index contributed by atoms with van der Waals surface area (Å²) in [5.41, 5.74) is 0.746. The minimum absolute atomic E-state index is 0. The lowest BCUT2D eigenvalue weighted by Gasteiger charge is -2.23. The zero-order chi connectivity index (χ0) is 18.0. The molecule has 2 aliphatic rings. The first-order chi connectivity index (χ1) is 12.0. The van der Waals surface area contributed by atoms with Crippen molar-refractivity contribution in [2.45, 2.75) is 19.3 Å². The predicted molar refractivity (Wildman–Crippen MR) is 99.4 cm³/mol. The minimum Gasteiger partial charge on any atom is -0.493 e. The summed E-state index contributed by atoms with van der Waals surface area (Å²) in [6.07, 6.45) is 2.93. The molecule has 1 spiro atoms. The molecule has 1 unspecified atom stereocenters. The monoisotopic (exact) mass is 384 g/mol. The second-order valence-electron chi connectivity index (χ2n) is 6.60. The lowest BCUT2D eigenvalue weighted by molar-refractivity contribution is -0.118. The van der Waals surface area contributed by atoms with E-state index in [2.05, 4.69) is 10.6 Å². The quantitative estimate of drug-likeness (QED) is 0.757. The lowest BCUT2D eigenvalue weighted by Crippen LogP contribution is -2.31. The highest BCUT2D eigenvalue weighted by Crippen LogP contribution is 2.58. The number of carbonyl (C=O) groups excluding carboxylic acids is 2. The van der Waals surface area contributed by atoms with E-state index in [0.717, 1.165) is 32.4 Å². The Morgan fingerprint density at radius 3 is 2.31 bits per heavy atom. The van der Waals surface area contributed by atoms with Crippen molar-refractivity contribution >= 4 is 30.0 Å². The van der Waals surface area contributed by atoms with Gasteiger partial charge in [-0.2, -0.15) is 0 Å². The molecule has 8 heteroatoms. The summed E-state index contributed by atoms with van der Waals surface area (Å²) >= 11 is 0. The van der Waals surface area contributed by atoms with Crippen molar-refractivity contribution in [1.29, 1.82) is 0 Å². The van der Waals surface area contributed by atoms with Crippen molar-refractivity contribution in [2.24, 2.45) is 11.3 Å². The number of anilines is 1. The van der Waals surface area contributed by atoms with Crippen LogP contribution in [0.1, 0.15) is 29.6 Å². The van der Waals surface area contributed by atoms with Gasteiger partial charge in [0.15, 0.2) is 11.5 Å². The third-order valence-electron chi connectivity index (χ3n) is 5.29. The lowest BCUT2D eigenvalue weighted by atomic mass is 9.91. The number of methoxy groups -OCH3 is 3. The van der Waals surface area contributed by atoms with Gasteiger partial charge in [0.05, 0.1) is 32.6 Å². The zero-order valence-corrected chi connectivity index (χ0v) is 16.0. The maximum absolute atomic E-state index is 12.7. The fourth-order valence-corrected chi connectivity index (χ4v) is 3.68. The molecule has 144 valence electrons. The van der Waals surface area contributed by atoms with Crippen molar-refractivity contribution in [3.8, 4) is 11.5 Å². The Morgan fingerprint density at radius 2 is 1.73 bits per heavy atom. The fraction of sp³-hybridized carbons (Fsp3) is 0.556. The van der Waals surface area contributed by atoms with E-state index in [4.69, 9.17) is 14.2 Å². The first-order valence-corrected chi connectivity index (χ1v) is 8.40. The van der Waals surface area contributed by atoms with Gasteiger partial charge in [-0.3, -0.25) is 4.79 Å². The number of hydrogen-bond donors (Lipinski definition) is 2. The van der Waals surface area contributed by atoms with E-state index in [0.29, 0.717) is 17.2 Å². The van der Waals surface area contributed by atoms with Gasteiger partial charge >= 0.3 is 5.97 Å². The molecule has 1 amide bonds. The van der Waals surface area contributed by atoms with Gasteiger partial charge in [0.1, 0.15) is 0 Å². The average Bonchev–Trinajstić information content (AvgIpc) is 3.34. The normalized spacial score (nSPS) is 19.9. The molecule has 2 N–H and O–H groups in total. The van der Waals surface area contributed by atoms with Crippen LogP contribution in [0.25, 0.3) is 0 Å². The first kappa shape index (κ1) is 20.3. The van der Waals surface area contributed by atoms with Crippen LogP contribution in [0.4, 0.5) is 5.69 Å². The number of piperidine rings is 1. The maximum Gasteiger partial charge on any atom is 0.340 e. The molecule has 1 saturated carbocycles. The molecule has 3 rings (SSSR count). The van der Waals surface area contributed by atoms with Gasteiger partial charge in [-0.05, 0) is 37.8 Å². The number of nitrogens with one attached hydrogen (secondary N) is 2. The molecular formula is C18H25ClN2O5. The Bertz CT molecular complexity index is 688. The smallest absolute Gasteiger partial charge is 0.340 e. The van der Waals surface area contributed by atoms with Gasteiger partial charge in [-0.15, -0.1) is 12.4 Å². The van der Waals surface area contributed by atoms with Crippen LogP contribution in [0, 0.1) is 11.3 Å². The van der Waals surface area contributed by atoms with Gasteiger partial charge in [0.25, 0.3) is 0 Å². The number of rotatable bonds is 5. The van der Waals surface area contributed by atoms with Crippen LogP contribution in [-0.2, 0) is 9.53 Å². The van der Waals surface area contributed by atoms with E-state index >= 15 is 0 Å². The maximum atomic E-state index is 12.7. The molecular weight excluding hydrogens is 360 g/mol. The Balaban J connectivity index is 0.00000243. The summed E-state index contributed by atoms with van der Waals surface area (Å²) in [4.78, 5) is 24.8. The number of benzene rings is 1. The highest BCUT2D eigenvalue weighted by atomic mass is 35.5. The Morgan fingerprint density at radius 1 is 1.12 bits per heavy atom. The standard InChI is InChI=1S/C18H24N2O5.ClH/c1-23-14-8-11(17(22)25-3)13(9-15(14)24-2)20-16(21)12-10-18(12)4-6-19-7-5-18;/h8-9,12,19H,4-7,10H2,1-3H3,(H,20,21);1H.